The highest BCUT2D eigenvalue weighted by Gasteiger charge is 2.43. The minimum atomic E-state index is 0.253. The van der Waals surface area contributed by atoms with Crippen LogP contribution in [-0.4, -0.2) is 25.3 Å². The van der Waals surface area contributed by atoms with Gasteiger partial charge in [-0.15, -0.1) is 0 Å². The molecule has 2 aliphatic rings. The maximum absolute atomic E-state index is 5.36. The van der Waals surface area contributed by atoms with E-state index >= 15 is 0 Å². The Hall–Kier alpha value is -0.0800. The number of hydrogen-bond donors (Lipinski definition) is 1. The molecule has 2 rings (SSSR count). The van der Waals surface area contributed by atoms with Gasteiger partial charge in [0.05, 0.1) is 5.60 Å². The van der Waals surface area contributed by atoms with Crippen LogP contribution in [0.15, 0.2) is 0 Å². The molecule has 0 aromatic carbocycles. The first-order chi connectivity index (χ1) is 4.85. The predicted octanol–water partition coefficient (Wildman–Crippen LogP) is 0.917. The van der Waals surface area contributed by atoms with E-state index in [0.717, 1.165) is 12.6 Å². The van der Waals surface area contributed by atoms with Crippen LogP contribution in [0.4, 0.5) is 0 Å². The Morgan fingerprint density at radius 3 is 2.60 bits per heavy atom. The second-order valence-electron chi connectivity index (χ2n) is 3.54. The number of nitrogens with one attached hydrogen (secondary N) is 1. The Labute approximate surface area is 61.9 Å². The average molecular weight is 141 g/mol. The fraction of sp³-hybridized carbons (Fsp3) is 1.00. The molecule has 0 bridgehead atoms. The zero-order valence-electron chi connectivity index (χ0n) is 6.52. The highest BCUT2D eigenvalue weighted by atomic mass is 16.5. The number of ether oxygens (including phenoxy) is 1. The van der Waals surface area contributed by atoms with Crippen molar-refractivity contribution in [1.29, 1.82) is 0 Å². The Morgan fingerprint density at radius 1 is 1.50 bits per heavy atom. The smallest absolute Gasteiger partial charge is 0.0804 e. The van der Waals surface area contributed by atoms with Crippen molar-refractivity contribution < 1.29 is 4.74 Å². The van der Waals surface area contributed by atoms with Crippen molar-refractivity contribution in [2.45, 2.75) is 37.3 Å². The molecule has 2 saturated carbocycles. The van der Waals surface area contributed by atoms with Crippen LogP contribution < -0.4 is 5.32 Å². The molecule has 10 heavy (non-hydrogen) atoms. The molecule has 58 valence electrons. The summed E-state index contributed by atoms with van der Waals surface area (Å²) in [5, 5.41) is 3.49. The van der Waals surface area contributed by atoms with E-state index in [1.165, 1.54) is 25.7 Å². The second-order valence-corrected chi connectivity index (χ2v) is 3.54. The highest BCUT2D eigenvalue weighted by Crippen LogP contribution is 2.38. The molecular formula is C8H15NO. The van der Waals surface area contributed by atoms with E-state index in [4.69, 9.17) is 4.74 Å². The molecule has 0 spiro atoms. The highest BCUT2D eigenvalue weighted by molar-refractivity contribution is 4.99. The van der Waals surface area contributed by atoms with Gasteiger partial charge in [-0.2, -0.15) is 0 Å². The van der Waals surface area contributed by atoms with E-state index in [1.807, 2.05) is 7.11 Å². The third kappa shape index (κ3) is 1.32. The molecular weight excluding hydrogens is 126 g/mol. The molecule has 0 aliphatic heterocycles. The van der Waals surface area contributed by atoms with Crippen molar-refractivity contribution in [2.24, 2.45) is 0 Å². The summed E-state index contributed by atoms with van der Waals surface area (Å²) in [5.41, 5.74) is 0.253. The molecule has 0 aromatic rings. The monoisotopic (exact) mass is 141 g/mol. The van der Waals surface area contributed by atoms with Crippen LogP contribution in [0.3, 0.4) is 0 Å². The molecule has 0 radical (unpaired) electrons. The van der Waals surface area contributed by atoms with Gasteiger partial charge in [0.2, 0.25) is 0 Å². The largest absolute Gasteiger partial charge is 0.377 e. The van der Waals surface area contributed by atoms with Crippen LogP contribution >= 0.6 is 0 Å². The Kier molecular flexibility index (Phi) is 1.46. The van der Waals surface area contributed by atoms with Crippen LogP contribution in [0.5, 0.6) is 0 Å². The molecule has 0 atom stereocenters. The fourth-order valence-corrected chi connectivity index (χ4v) is 1.21. The van der Waals surface area contributed by atoms with E-state index in [2.05, 4.69) is 5.32 Å². The van der Waals surface area contributed by atoms with E-state index in [-0.39, 0.29) is 5.60 Å². The first-order valence-corrected chi connectivity index (χ1v) is 4.13. The van der Waals surface area contributed by atoms with E-state index < -0.39 is 0 Å². The van der Waals surface area contributed by atoms with E-state index in [0.29, 0.717) is 0 Å². The van der Waals surface area contributed by atoms with Crippen LogP contribution in [0, 0.1) is 0 Å². The fourth-order valence-electron chi connectivity index (χ4n) is 1.21. The van der Waals surface area contributed by atoms with Crippen molar-refractivity contribution in [2.75, 3.05) is 13.7 Å². The van der Waals surface area contributed by atoms with E-state index in [9.17, 15) is 0 Å². The minimum Gasteiger partial charge on any atom is -0.377 e. The van der Waals surface area contributed by atoms with Crippen molar-refractivity contribution >= 4 is 0 Å². The van der Waals surface area contributed by atoms with Gasteiger partial charge >= 0.3 is 0 Å². The Balaban J connectivity index is 1.68. The Bertz CT molecular complexity index is 127. The molecule has 2 fully saturated rings. The molecule has 1 N–H and O–H groups in total. The van der Waals surface area contributed by atoms with Gasteiger partial charge in [-0.25, -0.2) is 0 Å². The average Bonchev–Trinajstić information content (AvgIpc) is 2.83. The summed E-state index contributed by atoms with van der Waals surface area (Å²) in [7, 11) is 1.82. The maximum atomic E-state index is 5.36. The van der Waals surface area contributed by atoms with Crippen LogP contribution in [0.2, 0.25) is 0 Å². The SMILES string of the molecule is COC1(CNC2CC2)CC1. The molecule has 0 heterocycles. The normalized spacial score (nSPS) is 28.5. The summed E-state index contributed by atoms with van der Waals surface area (Å²) in [4.78, 5) is 0. The lowest BCUT2D eigenvalue weighted by molar-refractivity contribution is 0.0795. The third-order valence-corrected chi connectivity index (χ3v) is 2.53. The van der Waals surface area contributed by atoms with Crippen molar-refractivity contribution in [3.05, 3.63) is 0 Å². The van der Waals surface area contributed by atoms with Gasteiger partial charge in [0.25, 0.3) is 0 Å². The minimum absolute atomic E-state index is 0.253. The van der Waals surface area contributed by atoms with Gasteiger partial charge in [0.15, 0.2) is 0 Å². The lowest BCUT2D eigenvalue weighted by Crippen LogP contribution is -2.31. The summed E-state index contributed by atoms with van der Waals surface area (Å²) in [6, 6.07) is 0.827. The van der Waals surface area contributed by atoms with Gasteiger partial charge in [0.1, 0.15) is 0 Å². The summed E-state index contributed by atoms with van der Waals surface area (Å²) >= 11 is 0. The van der Waals surface area contributed by atoms with Gasteiger partial charge < -0.3 is 10.1 Å². The first-order valence-electron chi connectivity index (χ1n) is 4.13. The van der Waals surface area contributed by atoms with Gasteiger partial charge in [0, 0.05) is 19.7 Å². The Morgan fingerprint density at radius 2 is 2.20 bits per heavy atom. The van der Waals surface area contributed by atoms with Gasteiger partial charge in [-0.05, 0) is 25.7 Å². The van der Waals surface area contributed by atoms with Crippen LogP contribution in [0.1, 0.15) is 25.7 Å². The second kappa shape index (κ2) is 2.21. The summed E-state index contributed by atoms with van der Waals surface area (Å²) in [5.74, 6) is 0. The predicted molar refractivity (Wildman–Crippen MR) is 40.0 cm³/mol. The van der Waals surface area contributed by atoms with Crippen LogP contribution in [-0.2, 0) is 4.74 Å². The molecule has 2 aliphatic carbocycles. The zero-order chi connectivity index (χ0) is 7.03. The first kappa shape index (κ1) is 6.62. The van der Waals surface area contributed by atoms with Gasteiger partial charge in [-0.3, -0.25) is 0 Å². The zero-order valence-corrected chi connectivity index (χ0v) is 6.52. The molecule has 0 amide bonds. The van der Waals surface area contributed by atoms with E-state index in [1.54, 1.807) is 0 Å². The lowest BCUT2D eigenvalue weighted by Gasteiger charge is -2.12. The quantitative estimate of drug-likeness (QED) is 0.628. The molecule has 0 saturated heterocycles. The number of methoxy groups -OCH3 is 1. The summed E-state index contributed by atoms with van der Waals surface area (Å²) in [6.45, 7) is 1.08. The standard InChI is InChI=1S/C8H15NO/c1-10-8(4-5-8)6-9-7-2-3-7/h7,9H,2-6H2,1H3. The van der Waals surface area contributed by atoms with Crippen molar-refractivity contribution in [1.82, 2.24) is 5.32 Å². The van der Waals surface area contributed by atoms with Crippen LogP contribution in [0.25, 0.3) is 0 Å². The molecule has 0 unspecified atom stereocenters. The number of rotatable bonds is 4. The third-order valence-electron chi connectivity index (χ3n) is 2.53. The van der Waals surface area contributed by atoms with Gasteiger partial charge in [-0.1, -0.05) is 0 Å². The summed E-state index contributed by atoms with van der Waals surface area (Å²) < 4.78 is 5.36. The number of hydrogen-bond acceptors (Lipinski definition) is 2. The maximum Gasteiger partial charge on any atom is 0.0804 e. The van der Waals surface area contributed by atoms with Crippen molar-refractivity contribution in [3.63, 3.8) is 0 Å². The topological polar surface area (TPSA) is 21.3 Å². The van der Waals surface area contributed by atoms with Crippen molar-refractivity contribution in [3.8, 4) is 0 Å². The molecule has 0 aromatic heterocycles. The molecule has 2 nitrogen and oxygen atoms in total. The summed E-state index contributed by atoms with van der Waals surface area (Å²) in [6.07, 6.45) is 5.26. The molecule has 2 heteroatoms. The lowest BCUT2D eigenvalue weighted by atomic mass is 10.3.